The number of H-pyrrole nitrogens is 1. The summed E-state index contributed by atoms with van der Waals surface area (Å²) in [6.07, 6.45) is 3.01. The summed E-state index contributed by atoms with van der Waals surface area (Å²) in [7, 11) is 0. The normalized spacial score (nSPS) is 14.7. The monoisotopic (exact) mass is 405 g/mol. The van der Waals surface area contributed by atoms with Crippen LogP contribution in [0.1, 0.15) is 10.6 Å². The molecule has 10 heteroatoms. The van der Waals surface area contributed by atoms with Crippen LogP contribution in [0.3, 0.4) is 0 Å². The van der Waals surface area contributed by atoms with E-state index in [0.29, 0.717) is 47.8 Å². The van der Waals surface area contributed by atoms with Crippen molar-refractivity contribution in [1.29, 1.82) is 0 Å². The second-order valence-electron chi connectivity index (χ2n) is 6.01. The van der Waals surface area contributed by atoms with Crippen LogP contribution >= 0.6 is 23.4 Å². The molecule has 1 fully saturated rings. The fourth-order valence-corrected chi connectivity index (χ4v) is 3.79. The molecule has 1 aliphatic heterocycles. The quantitative estimate of drug-likeness (QED) is 0.669. The summed E-state index contributed by atoms with van der Waals surface area (Å²) in [6, 6.07) is 5.08. The maximum Gasteiger partial charge on any atom is 0.289 e. The number of halogens is 1. The number of carbonyl (C=O) groups is 2. The molecule has 0 aliphatic carbocycles. The molecule has 1 saturated heterocycles. The van der Waals surface area contributed by atoms with Gasteiger partial charge in [-0.3, -0.25) is 9.59 Å². The van der Waals surface area contributed by atoms with Gasteiger partial charge in [0.2, 0.25) is 5.91 Å². The van der Waals surface area contributed by atoms with Crippen LogP contribution in [-0.4, -0.2) is 68.5 Å². The van der Waals surface area contributed by atoms with Crippen molar-refractivity contribution in [2.75, 3.05) is 31.9 Å². The first-order chi connectivity index (χ1) is 13.1. The van der Waals surface area contributed by atoms with Crippen LogP contribution in [0.25, 0.3) is 11.2 Å². The number of aromatic nitrogens is 3. The zero-order chi connectivity index (χ0) is 18.8. The van der Waals surface area contributed by atoms with Crippen LogP contribution in [0.15, 0.2) is 40.2 Å². The van der Waals surface area contributed by atoms with Crippen LogP contribution in [-0.2, 0) is 4.79 Å². The van der Waals surface area contributed by atoms with E-state index in [2.05, 4.69) is 15.0 Å². The van der Waals surface area contributed by atoms with E-state index in [4.69, 9.17) is 16.0 Å². The average Bonchev–Trinajstić information content (AvgIpc) is 3.35. The van der Waals surface area contributed by atoms with Crippen LogP contribution in [0.2, 0.25) is 5.02 Å². The standard InChI is InChI=1S/C17H16ClN5O3S/c18-11-8-12-15(19-9-11)21-17(20-12)27-10-14(24)22-3-5-23(6-4-22)16(25)13-2-1-7-26-13/h1-2,7-9H,3-6,10H2,(H,19,20,21). The van der Waals surface area contributed by atoms with E-state index in [1.54, 1.807) is 28.0 Å². The molecule has 27 heavy (non-hydrogen) atoms. The minimum atomic E-state index is -0.144. The number of thioether (sulfide) groups is 1. The Hall–Kier alpha value is -2.52. The highest BCUT2D eigenvalue weighted by molar-refractivity contribution is 7.99. The highest BCUT2D eigenvalue weighted by atomic mass is 35.5. The van der Waals surface area contributed by atoms with Gasteiger partial charge in [0.15, 0.2) is 16.6 Å². The third kappa shape index (κ3) is 3.93. The van der Waals surface area contributed by atoms with Gasteiger partial charge in [0.1, 0.15) is 0 Å². The van der Waals surface area contributed by atoms with Gasteiger partial charge in [-0.15, -0.1) is 0 Å². The topological polar surface area (TPSA) is 95.3 Å². The lowest BCUT2D eigenvalue weighted by atomic mass is 10.3. The SMILES string of the molecule is O=C(CSc1nc2ncc(Cl)cc2[nH]1)N1CCN(C(=O)c2ccco2)CC1. The molecule has 0 bridgehead atoms. The number of aromatic amines is 1. The van der Waals surface area contributed by atoms with Crippen molar-refractivity contribution in [3.63, 3.8) is 0 Å². The molecular formula is C17H16ClN5O3S. The van der Waals surface area contributed by atoms with Gasteiger partial charge in [0.05, 0.1) is 22.6 Å². The molecule has 0 aromatic carbocycles. The average molecular weight is 406 g/mol. The van der Waals surface area contributed by atoms with E-state index < -0.39 is 0 Å². The molecule has 3 aromatic rings. The number of piperazine rings is 1. The van der Waals surface area contributed by atoms with Crippen molar-refractivity contribution in [3.05, 3.63) is 41.4 Å². The summed E-state index contributed by atoms with van der Waals surface area (Å²) < 4.78 is 5.14. The molecule has 0 atom stereocenters. The van der Waals surface area contributed by atoms with Crippen LogP contribution in [0, 0.1) is 0 Å². The van der Waals surface area contributed by atoms with E-state index in [1.165, 1.54) is 24.2 Å². The van der Waals surface area contributed by atoms with Gasteiger partial charge < -0.3 is 19.2 Å². The molecule has 4 heterocycles. The maximum atomic E-state index is 12.5. The number of imidazole rings is 1. The highest BCUT2D eigenvalue weighted by Crippen LogP contribution is 2.21. The van der Waals surface area contributed by atoms with E-state index in [-0.39, 0.29) is 17.6 Å². The van der Waals surface area contributed by atoms with Crippen LogP contribution < -0.4 is 0 Å². The summed E-state index contributed by atoms with van der Waals surface area (Å²) in [5.74, 6) is 0.454. The van der Waals surface area contributed by atoms with Crippen LogP contribution in [0.4, 0.5) is 0 Å². The number of fused-ring (bicyclic) bond motifs is 1. The Morgan fingerprint density at radius 1 is 1.26 bits per heavy atom. The molecule has 0 radical (unpaired) electrons. The number of furan rings is 1. The Balaban J connectivity index is 1.29. The zero-order valence-corrected chi connectivity index (χ0v) is 15.8. The van der Waals surface area contributed by atoms with Gasteiger partial charge in [0.25, 0.3) is 5.91 Å². The Labute approximate surface area is 163 Å². The van der Waals surface area contributed by atoms with Crippen molar-refractivity contribution in [2.24, 2.45) is 0 Å². The number of rotatable bonds is 4. The largest absolute Gasteiger partial charge is 0.459 e. The van der Waals surface area contributed by atoms with Gasteiger partial charge in [-0.25, -0.2) is 9.97 Å². The van der Waals surface area contributed by atoms with Crippen molar-refractivity contribution < 1.29 is 14.0 Å². The minimum Gasteiger partial charge on any atom is -0.459 e. The minimum absolute atomic E-state index is 0.0107. The maximum absolute atomic E-state index is 12.5. The Morgan fingerprint density at radius 3 is 2.78 bits per heavy atom. The lowest BCUT2D eigenvalue weighted by Gasteiger charge is -2.34. The molecule has 0 spiro atoms. The lowest BCUT2D eigenvalue weighted by Crippen LogP contribution is -2.51. The number of hydrogen-bond acceptors (Lipinski definition) is 6. The summed E-state index contributed by atoms with van der Waals surface area (Å²) >= 11 is 7.23. The second kappa shape index (κ2) is 7.61. The first-order valence-corrected chi connectivity index (χ1v) is 9.71. The number of nitrogens with one attached hydrogen (secondary N) is 1. The number of pyridine rings is 1. The first-order valence-electron chi connectivity index (χ1n) is 8.35. The third-order valence-electron chi connectivity index (χ3n) is 4.27. The molecule has 140 valence electrons. The van der Waals surface area contributed by atoms with E-state index in [1.807, 2.05) is 0 Å². The molecule has 8 nitrogen and oxygen atoms in total. The number of carbonyl (C=O) groups excluding carboxylic acids is 2. The fourth-order valence-electron chi connectivity index (χ4n) is 2.86. The predicted molar refractivity (Wildman–Crippen MR) is 101 cm³/mol. The smallest absolute Gasteiger partial charge is 0.289 e. The van der Waals surface area contributed by atoms with E-state index in [9.17, 15) is 9.59 Å². The number of amides is 2. The molecule has 1 N–H and O–H groups in total. The Bertz CT molecular complexity index is 966. The van der Waals surface area contributed by atoms with E-state index in [0.717, 1.165) is 5.52 Å². The van der Waals surface area contributed by atoms with E-state index >= 15 is 0 Å². The third-order valence-corrected chi connectivity index (χ3v) is 5.33. The number of hydrogen-bond donors (Lipinski definition) is 1. The van der Waals surface area contributed by atoms with Crippen LogP contribution in [0.5, 0.6) is 0 Å². The van der Waals surface area contributed by atoms with Crippen molar-refractivity contribution >= 4 is 46.3 Å². The van der Waals surface area contributed by atoms with Gasteiger partial charge in [0, 0.05) is 32.4 Å². The van der Waals surface area contributed by atoms with Crippen molar-refractivity contribution in [3.8, 4) is 0 Å². The summed E-state index contributed by atoms with van der Waals surface area (Å²) in [6.45, 7) is 1.98. The molecule has 0 unspecified atom stereocenters. The predicted octanol–water partition coefficient (Wildman–Crippen LogP) is 2.28. The molecule has 2 amide bonds. The van der Waals surface area contributed by atoms with Crippen molar-refractivity contribution in [1.82, 2.24) is 24.8 Å². The molecule has 1 aliphatic rings. The first kappa shape index (κ1) is 17.9. The fraction of sp³-hybridized carbons (Fsp3) is 0.294. The number of nitrogens with zero attached hydrogens (tertiary/aromatic N) is 4. The Kier molecular flexibility index (Phi) is 5.04. The van der Waals surface area contributed by atoms with Gasteiger partial charge in [-0.1, -0.05) is 23.4 Å². The molecule has 3 aromatic heterocycles. The van der Waals surface area contributed by atoms with Crippen molar-refractivity contribution in [2.45, 2.75) is 5.16 Å². The Morgan fingerprint density at radius 2 is 2.04 bits per heavy atom. The second-order valence-corrected chi connectivity index (χ2v) is 7.41. The molecule has 4 rings (SSSR count). The summed E-state index contributed by atoms with van der Waals surface area (Å²) in [5.41, 5.74) is 1.31. The van der Waals surface area contributed by atoms with Gasteiger partial charge >= 0.3 is 0 Å². The summed E-state index contributed by atoms with van der Waals surface area (Å²) in [4.78, 5) is 39.7. The zero-order valence-electron chi connectivity index (χ0n) is 14.2. The van der Waals surface area contributed by atoms with Gasteiger partial charge in [-0.05, 0) is 18.2 Å². The highest BCUT2D eigenvalue weighted by Gasteiger charge is 2.26. The summed E-state index contributed by atoms with van der Waals surface area (Å²) in [5, 5.41) is 1.15. The van der Waals surface area contributed by atoms with Gasteiger partial charge in [-0.2, -0.15) is 0 Å². The molecular weight excluding hydrogens is 390 g/mol. The lowest BCUT2D eigenvalue weighted by molar-refractivity contribution is -0.129. The molecule has 0 saturated carbocycles.